The number of nitrogens with zero attached hydrogens (tertiary/aromatic N) is 2. The van der Waals surface area contributed by atoms with Crippen molar-refractivity contribution in [2.24, 2.45) is 4.99 Å². The van der Waals surface area contributed by atoms with Gasteiger partial charge in [0.2, 0.25) is 0 Å². The Balaban J connectivity index is 1.49. The molecule has 1 aromatic heterocycles. The molecule has 0 spiro atoms. The SMILES string of the molecule is CCOC(=O)C1=C(c2ccccc2)N=c2s/c(=C\c3cc(Cl)c(OCc4cccc(Cl)c4)c(OC)c3)c(=O)n2[C@H]1c1ccc(OC)cc1. The van der Waals surface area contributed by atoms with E-state index in [0.29, 0.717) is 53.5 Å². The van der Waals surface area contributed by atoms with Crippen molar-refractivity contribution in [3.63, 3.8) is 0 Å². The van der Waals surface area contributed by atoms with Crippen LogP contribution < -0.4 is 29.1 Å². The van der Waals surface area contributed by atoms with Gasteiger partial charge >= 0.3 is 5.97 Å². The number of rotatable bonds is 10. The smallest absolute Gasteiger partial charge is 0.338 e. The number of methoxy groups -OCH3 is 2. The number of carbonyl (C=O) groups is 1. The minimum absolute atomic E-state index is 0.158. The second-order valence-corrected chi connectivity index (χ2v) is 12.5. The number of esters is 1. The highest BCUT2D eigenvalue weighted by Gasteiger charge is 2.35. The first-order chi connectivity index (χ1) is 23.3. The van der Waals surface area contributed by atoms with Crippen LogP contribution in [0.5, 0.6) is 17.2 Å². The molecule has 8 nitrogen and oxygen atoms in total. The van der Waals surface area contributed by atoms with Crippen LogP contribution in [0.1, 0.15) is 35.2 Å². The molecule has 48 heavy (non-hydrogen) atoms. The molecule has 0 N–H and O–H groups in total. The molecule has 0 saturated carbocycles. The zero-order valence-corrected chi connectivity index (χ0v) is 28.6. The fourth-order valence-corrected chi connectivity index (χ4v) is 6.93. The van der Waals surface area contributed by atoms with Gasteiger partial charge in [0, 0.05) is 10.6 Å². The van der Waals surface area contributed by atoms with E-state index < -0.39 is 12.0 Å². The Morgan fingerprint density at radius 1 is 0.958 bits per heavy atom. The summed E-state index contributed by atoms with van der Waals surface area (Å²) in [6.45, 7) is 2.13. The second-order valence-electron chi connectivity index (χ2n) is 10.7. The summed E-state index contributed by atoms with van der Waals surface area (Å²) in [5, 5.41) is 0.910. The monoisotopic (exact) mass is 700 g/mol. The van der Waals surface area contributed by atoms with Crippen LogP contribution in [0.25, 0.3) is 11.8 Å². The molecule has 0 unspecified atom stereocenters. The molecule has 244 valence electrons. The third kappa shape index (κ3) is 6.75. The van der Waals surface area contributed by atoms with Gasteiger partial charge in [-0.05, 0) is 66.1 Å². The standard InChI is InChI=1S/C37H30Cl2N2O6S/c1-4-46-36(43)31-32(24-10-6-5-7-11-24)40-37-41(33(31)25-13-15-27(44-2)16-14-25)35(42)30(48-37)20-23-18-28(39)34(29(19-23)45-3)47-21-22-9-8-12-26(38)17-22/h5-20,33H,4,21H2,1-3H3/b30-20-/t33-/m0/s1. The molecule has 1 atom stereocenters. The zero-order valence-electron chi connectivity index (χ0n) is 26.2. The lowest BCUT2D eigenvalue weighted by Crippen LogP contribution is -2.40. The number of halogens is 2. The summed E-state index contributed by atoms with van der Waals surface area (Å²) < 4.78 is 24.5. The summed E-state index contributed by atoms with van der Waals surface area (Å²) in [6, 6.07) is 26.6. The zero-order chi connectivity index (χ0) is 33.8. The number of benzene rings is 4. The van der Waals surface area contributed by atoms with Gasteiger partial charge in [-0.15, -0.1) is 0 Å². The van der Waals surface area contributed by atoms with Crippen LogP contribution in [-0.4, -0.2) is 31.4 Å². The van der Waals surface area contributed by atoms with Crippen LogP contribution >= 0.6 is 34.5 Å². The Morgan fingerprint density at radius 2 is 1.73 bits per heavy atom. The van der Waals surface area contributed by atoms with Gasteiger partial charge in [0.25, 0.3) is 5.56 Å². The van der Waals surface area contributed by atoms with Crippen molar-refractivity contribution in [3.8, 4) is 17.2 Å². The van der Waals surface area contributed by atoms with E-state index in [4.69, 9.17) is 47.1 Å². The summed E-state index contributed by atoms with van der Waals surface area (Å²) in [4.78, 5) is 33.3. The molecule has 4 aromatic carbocycles. The van der Waals surface area contributed by atoms with Crippen LogP contribution in [0.15, 0.2) is 106 Å². The number of ether oxygens (including phenoxy) is 4. The lowest BCUT2D eigenvalue weighted by Gasteiger charge is -2.26. The van der Waals surface area contributed by atoms with E-state index >= 15 is 0 Å². The fourth-order valence-electron chi connectivity index (χ4n) is 5.44. The molecule has 1 aliphatic heterocycles. The first-order valence-corrected chi connectivity index (χ1v) is 16.6. The van der Waals surface area contributed by atoms with Crippen LogP contribution in [0.3, 0.4) is 0 Å². The van der Waals surface area contributed by atoms with Crippen molar-refractivity contribution >= 4 is 52.3 Å². The number of hydrogen-bond donors (Lipinski definition) is 0. The topological polar surface area (TPSA) is 88.4 Å². The summed E-state index contributed by atoms with van der Waals surface area (Å²) in [5.74, 6) is 0.849. The Hall–Kier alpha value is -4.83. The molecule has 2 heterocycles. The first-order valence-electron chi connectivity index (χ1n) is 15.0. The molecular weight excluding hydrogens is 671 g/mol. The average Bonchev–Trinajstić information content (AvgIpc) is 3.41. The molecule has 0 saturated heterocycles. The van der Waals surface area contributed by atoms with Gasteiger partial charge in [0.1, 0.15) is 12.4 Å². The second kappa shape index (κ2) is 14.5. The highest BCUT2D eigenvalue weighted by Crippen LogP contribution is 2.38. The maximum Gasteiger partial charge on any atom is 0.338 e. The molecule has 5 aromatic rings. The quantitative estimate of drug-likeness (QED) is 0.148. The van der Waals surface area contributed by atoms with Crippen molar-refractivity contribution in [3.05, 3.63) is 149 Å². The lowest BCUT2D eigenvalue weighted by molar-refractivity contribution is -0.138. The van der Waals surface area contributed by atoms with Gasteiger partial charge in [-0.1, -0.05) is 89.1 Å². The van der Waals surface area contributed by atoms with Crippen LogP contribution in [0, 0.1) is 0 Å². The number of fused-ring (bicyclic) bond motifs is 1. The molecule has 6 rings (SSSR count). The Morgan fingerprint density at radius 3 is 2.42 bits per heavy atom. The Labute approximate surface area is 290 Å². The molecule has 0 bridgehead atoms. The highest BCUT2D eigenvalue weighted by atomic mass is 35.5. The van der Waals surface area contributed by atoms with E-state index in [1.165, 1.54) is 23.0 Å². The molecule has 0 fully saturated rings. The summed E-state index contributed by atoms with van der Waals surface area (Å²) in [7, 11) is 3.10. The maximum absolute atomic E-state index is 14.3. The summed E-state index contributed by atoms with van der Waals surface area (Å²) in [5.41, 5.74) is 3.28. The van der Waals surface area contributed by atoms with Crippen LogP contribution in [0.2, 0.25) is 10.0 Å². The molecule has 0 amide bonds. The summed E-state index contributed by atoms with van der Waals surface area (Å²) >= 11 is 14.0. The predicted molar refractivity (Wildman–Crippen MR) is 188 cm³/mol. The van der Waals surface area contributed by atoms with Crippen LogP contribution in [0.4, 0.5) is 0 Å². The Bertz CT molecular complexity index is 2190. The largest absolute Gasteiger partial charge is 0.497 e. The number of hydrogen-bond acceptors (Lipinski definition) is 8. The minimum Gasteiger partial charge on any atom is -0.497 e. The van der Waals surface area contributed by atoms with Gasteiger partial charge in [-0.2, -0.15) is 0 Å². The molecule has 1 aliphatic rings. The van der Waals surface area contributed by atoms with Crippen molar-refractivity contribution in [2.45, 2.75) is 19.6 Å². The van der Waals surface area contributed by atoms with Crippen molar-refractivity contribution in [2.75, 3.05) is 20.8 Å². The van der Waals surface area contributed by atoms with Gasteiger partial charge in [0.15, 0.2) is 16.3 Å². The van der Waals surface area contributed by atoms with E-state index in [9.17, 15) is 9.59 Å². The number of carbonyl (C=O) groups excluding carboxylic acids is 1. The van der Waals surface area contributed by atoms with Crippen molar-refractivity contribution < 1.29 is 23.7 Å². The molecule has 0 radical (unpaired) electrons. The van der Waals surface area contributed by atoms with Gasteiger partial charge in [0.05, 0.1) is 47.7 Å². The van der Waals surface area contributed by atoms with E-state index in [2.05, 4.69) is 0 Å². The maximum atomic E-state index is 14.3. The van der Waals surface area contributed by atoms with E-state index in [1.54, 1.807) is 50.4 Å². The van der Waals surface area contributed by atoms with E-state index in [0.717, 1.165) is 11.1 Å². The summed E-state index contributed by atoms with van der Waals surface area (Å²) in [6.07, 6.45) is 1.72. The van der Waals surface area contributed by atoms with Gasteiger partial charge in [-0.25, -0.2) is 9.79 Å². The highest BCUT2D eigenvalue weighted by molar-refractivity contribution is 7.07. The number of thiazole rings is 1. The predicted octanol–water partition coefficient (Wildman–Crippen LogP) is 6.84. The fraction of sp³-hybridized carbons (Fsp3) is 0.162. The number of aromatic nitrogens is 1. The average molecular weight is 702 g/mol. The van der Waals surface area contributed by atoms with E-state index in [-0.39, 0.29) is 24.3 Å². The first kappa shape index (κ1) is 33.1. The molecule has 11 heteroatoms. The van der Waals surface area contributed by atoms with E-state index in [1.807, 2.05) is 60.7 Å². The van der Waals surface area contributed by atoms with Gasteiger partial charge in [-0.3, -0.25) is 9.36 Å². The van der Waals surface area contributed by atoms with Crippen LogP contribution in [-0.2, 0) is 16.1 Å². The molecular formula is C37H30Cl2N2O6S. The Kier molecular flexibility index (Phi) is 10.0. The third-order valence-corrected chi connectivity index (χ3v) is 9.13. The van der Waals surface area contributed by atoms with Gasteiger partial charge < -0.3 is 18.9 Å². The van der Waals surface area contributed by atoms with Crippen molar-refractivity contribution in [1.82, 2.24) is 4.57 Å². The third-order valence-electron chi connectivity index (χ3n) is 7.63. The minimum atomic E-state index is -0.816. The van der Waals surface area contributed by atoms with Crippen molar-refractivity contribution in [1.29, 1.82) is 0 Å². The normalized spacial score (nSPS) is 14.3. The molecule has 0 aliphatic carbocycles. The lowest BCUT2D eigenvalue weighted by atomic mass is 9.93.